The maximum Gasteiger partial charge on any atom is 0.490 e. The molecule has 2 amide bonds. The average molecular weight is 1570 g/mol. The summed E-state index contributed by atoms with van der Waals surface area (Å²) in [4.78, 5) is 51.7. The number of para-hydroxylation sites is 2. The molecule has 9 heterocycles. The van der Waals surface area contributed by atoms with Crippen molar-refractivity contribution in [2.24, 2.45) is 0 Å². The fourth-order valence-corrected chi connectivity index (χ4v) is 14.9. The highest BCUT2D eigenvalue weighted by atomic mass is 35.5. The van der Waals surface area contributed by atoms with Gasteiger partial charge in [-0.05, 0) is 142 Å². The first kappa shape index (κ1) is 85.1. The monoisotopic (exact) mass is 1570 g/mol. The van der Waals surface area contributed by atoms with Gasteiger partial charge in [-0.3, -0.25) is 9.97 Å². The second-order valence-corrected chi connectivity index (χ2v) is 59.2. The number of aromatic nitrogens is 8. The molecule has 0 saturated carbocycles. The number of ether oxygens (including phenoxy) is 6. The van der Waals surface area contributed by atoms with Gasteiger partial charge in [-0.15, -0.1) is 0 Å². The molecule has 1 fully saturated rings. The maximum absolute atomic E-state index is 12.8. The van der Waals surface area contributed by atoms with Crippen molar-refractivity contribution in [3.63, 3.8) is 0 Å². The van der Waals surface area contributed by atoms with Gasteiger partial charge < -0.3 is 57.3 Å². The molecule has 2 aromatic carbocycles. The summed E-state index contributed by atoms with van der Waals surface area (Å²) in [6, 6.07) is 28.7. The molecule has 8 aromatic rings. The Labute approximate surface area is 650 Å². The van der Waals surface area contributed by atoms with E-state index in [9.17, 15) is 9.59 Å². The van der Waals surface area contributed by atoms with Gasteiger partial charge in [-0.2, -0.15) is 19.2 Å². The molecule has 3 aliphatic heterocycles. The molecule has 586 valence electrons. The number of carbonyl (C=O) groups excluding carboxylic acids is 2. The van der Waals surface area contributed by atoms with Crippen LogP contribution in [0.1, 0.15) is 87.8 Å². The number of anilines is 2. The Morgan fingerprint density at radius 1 is 0.528 bits per heavy atom. The number of amides is 2. The van der Waals surface area contributed by atoms with Crippen LogP contribution in [0, 0.1) is 0 Å². The van der Waals surface area contributed by atoms with Gasteiger partial charge in [0.05, 0.1) is 40.3 Å². The van der Waals surface area contributed by atoms with E-state index in [1.165, 1.54) is 0 Å². The molecule has 3 aliphatic rings. The Kier molecular flexibility index (Phi) is 28.1. The molecular weight excluding hydrogens is 1450 g/mol. The van der Waals surface area contributed by atoms with Crippen LogP contribution in [0.15, 0.2) is 115 Å². The van der Waals surface area contributed by atoms with Crippen LogP contribution in [0.4, 0.5) is 21.2 Å². The van der Waals surface area contributed by atoms with Crippen molar-refractivity contribution in [2.75, 3.05) is 89.3 Å². The molecule has 6 aromatic heterocycles. The lowest BCUT2D eigenvalue weighted by atomic mass is 9.75. The van der Waals surface area contributed by atoms with Gasteiger partial charge in [0.1, 0.15) is 54.9 Å². The lowest BCUT2D eigenvalue weighted by molar-refractivity contribution is 0.00578. The Morgan fingerprint density at radius 2 is 0.917 bits per heavy atom. The van der Waals surface area contributed by atoms with E-state index < -0.39 is 43.5 Å². The zero-order chi connectivity index (χ0) is 78.8. The zero-order valence-corrected chi connectivity index (χ0v) is 73.3. The standard InChI is InChI=1S/C37H54N6O4Si2.C27H38ClN5O2Si2.C16H28BNO4/c1-37(2,3)47-36(44)41-16-14-28(15-17-41)33-23-34(42(26-45-18-20-48(4,5)6)27-46-19-21-49(7,8)9)43-35(40-33)31(25-39-43)30-22-29-12-10-11-13-32(29)38-24-30;1-36(2,3)13-11-34-19-32(20-35-12-14-37(4,5)6)26-16-25(28)31-27-23(18-30-33(26)27)22-15-21-9-7-8-10-24(21)29-17-22;1-14(2,3)20-13(19)18-10-8-12(9-11-18)17-21-15(4,5)16(6,7)22-17/h10-14,22-25H,15-21,26-27H2,1-9H3;7-10,15-18H,11-14,19-20H2,1-6H3;8H,9-11H2,1-7H3. The third-order valence-electron chi connectivity index (χ3n) is 18.9. The molecule has 1 saturated heterocycles. The number of nitrogens with zero attached hydrogens (tertiary/aromatic N) is 12. The van der Waals surface area contributed by atoms with Crippen LogP contribution in [0.2, 0.25) is 108 Å². The number of fused-ring (bicyclic) bond motifs is 4. The third kappa shape index (κ3) is 24.8. The van der Waals surface area contributed by atoms with Gasteiger partial charge >= 0.3 is 19.3 Å². The summed E-state index contributed by atoms with van der Waals surface area (Å²) in [6.45, 7) is 54.3. The molecule has 11 rings (SSSR count). The van der Waals surface area contributed by atoms with Crippen LogP contribution in [0.3, 0.4) is 0 Å². The Hall–Kier alpha value is -6.90. The van der Waals surface area contributed by atoms with Crippen LogP contribution in [-0.2, 0) is 37.7 Å². The van der Waals surface area contributed by atoms with Crippen molar-refractivity contribution in [1.82, 2.24) is 49.0 Å². The minimum absolute atomic E-state index is 0.267. The summed E-state index contributed by atoms with van der Waals surface area (Å²) in [5, 5.41) is 12.1. The minimum atomic E-state index is -1.27. The molecule has 0 aliphatic carbocycles. The van der Waals surface area contributed by atoms with Gasteiger partial charge in [0.15, 0.2) is 11.3 Å². The molecular formula is C80H120BClN12O10Si4. The van der Waals surface area contributed by atoms with Crippen molar-refractivity contribution in [3.05, 3.63) is 126 Å². The lowest BCUT2D eigenvalue weighted by Crippen LogP contribution is -2.41. The SMILES string of the molecule is CC(C)(C)OC(=O)N1CC=C(B2OC(C)(C)C(C)(C)O2)CC1.CC(C)(C)OC(=O)N1CC=C(c2cc(N(COCC[Si](C)(C)C)COCC[Si](C)(C)C)n3ncc(-c4cnc5ccccc5c4)c3n2)CC1.C[Si](C)(C)CCOCN(COCC[Si](C)(C)C)c1cc(Cl)nc2c(-c3cnc4ccccc4c3)cnn12. The van der Waals surface area contributed by atoms with Crippen LogP contribution in [-0.4, -0.2) is 202 Å². The van der Waals surface area contributed by atoms with Crippen molar-refractivity contribution >= 4 is 114 Å². The summed E-state index contributed by atoms with van der Waals surface area (Å²) in [6.07, 6.45) is 12.4. The number of benzene rings is 2. The largest absolute Gasteiger partial charge is 0.490 e. The number of hydrogen-bond acceptors (Lipinski definition) is 18. The van der Waals surface area contributed by atoms with E-state index in [0.717, 1.165) is 122 Å². The minimum Gasteiger partial charge on any atom is -0.444 e. The van der Waals surface area contributed by atoms with Gasteiger partial charge in [0.2, 0.25) is 0 Å². The third-order valence-corrected chi connectivity index (χ3v) is 26.0. The Bertz CT molecular complexity index is 4380. The first-order valence-electron chi connectivity index (χ1n) is 38.1. The summed E-state index contributed by atoms with van der Waals surface area (Å²) < 4.78 is 51.8. The highest BCUT2D eigenvalue weighted by Gasteiger charge is 2.52. The Morgan fingerprint density at radius 3 is 1.30 bits per heavy atom. The number of halogens is 1. The van der Waals surface area contributed by atoms with Crippen LogP contribution >= 0.6 is 11.6 Å². The normalized spacial score (nSPS) is 15.8. The fourth-order valence-electron chi connectivity index (χ4n) is 11.7. The molecule has 28 heteroatoms. The molecule has 0 unspecified atom stereocenters. The van der Waals surface area contributed by atoms with Gasteiger partial charge in [-0.1, -0.05) is 139 Å². The van der Waals surface area contributed by atoms with Crippen molar-refractivity contribution in [2.45, 2.75) is 207 Å². The van der Waals surface area contributed by atoms with Crippen LogP contribution in [0.5, 0.6) is 0 Å². The van der Waals surface area contributed by atoms with E-state index in [2.05, 4.69) is 130 Å². The van der Waals surface area contributed by atoms with Crippen LogP contribution in [0.25, 0.3) is 60.9 Å². The number of carbonyl (C=O) groups is 2. The average Bonchev–Trinajstić information content (AvgIpc) is 1.57. The van der Waals surface area contributed by atoms with Gasteiger partial charge in [-0.25, -0.2) is 19.6 Å². The van der Waals surface area contributed by atoms with E-state index in [1.54, 1.807) is 9.80 Å². The van der Waals surface area contributed by atoms with E-state index in [4.69, 9.17) is 69.5 Å². The van der Waals surface area contributed by atoms with E-state index in [1.807, 2.05) is 156 Å². The first-order chi connectivity index (χ1) is 50.5. The van der Waals surface area contributed by atoms with Crippen LogP contribution < -0.4 is 9.80 Å². The zero-order valence-electron chi connectivity index (χ0n) is 68.5. The molecule has 108 heavy (non-hydrogen) atoms. The predicted octanol–water partition coefficient (Wildman–Crippen LogP) is 18.6. The molecule has 0 radical (unpaired) electrons. The van der Waals surface area contributed by atoms with E-state index in [0.29, 0.717) is 83.5 Å². The van der Waals surface area contributed by atoms with E-state index >= 15 is 0 Å². The number of rotatable bonds is 26. The topological polar surface area (TPSA) is 207 Å². The highest BCUT2D eigenvalue weighted by Crippen LogP contribution is 2.40. The Balaban J connectivity index is 0.000000201. The van der Waals surface area contributed by atoms with Crippen molar-refractivity contribution < 1.29 is 47.3 Å². The molecule has 0 N–H and O–H groups in total. The summed E-state index contributed by atoms with van der Waals surface area (Å²) in [5.41, 5.74) is 8.31. The predicted molar refractivity (Wildman–Crippen MR) is 450 cm³/mol. The number of pyridine rings is 2. The van der Waals surface area contributed by atoms with Crippen molar-refractivity contribution in [1.29, 1.82) is 0 Å². The van der Waals surface area contributed by atoms with E-state index in [-0.39, 0.29) is 30.5 Å². The van der Waals surface area contributed by atoms with Gasteiger partial charge in [0, 0.05) is 142 Å². The first-order valence-corrected chi connectivity index (χ1v) is 53.3. The molecule has 0 atom stereocenters. The number of hydrogen-bond donors (Lipinski definition) is 0. The summed E-state index contributed by atoms with van der Waals surface area (Å²) in [5.74, 6) is 1.63. The second-order valence-electron chi connectivity index (χ2n) is 36.3. The highest BCUT2D eigenvalue weighted by molar-refractivity contribution is 6.77. The molecule has 0 bridgehead atoms. The molecule has 0 spiro atoms. The second kappa shape index (κ2) is 35.6. The smallest absolute Gasteiger partial charge is 0.444 e. The lowest BCUT2D eigenvalue weighted by Gasteiger charge is -2.32. The van der Waals surface area contributed by atoms with Gasteiger partial charge in [0.25, 0.3) is 0 Å². The van der Waals surface area contributed by atoms with Crippen molar-refractivity contribution in [3.8, 4) is 22.3 Å². The quantitative estimate of drug-likeness (QED) is 0.0214. The molecule has 22 nitrogen and oxygen atoms in total. The fraction of sp³-hybridized carbons (Fsp3) is 0.550. The summed E-state index contributed by atoms with van der Waals surface area (Å²) >= 11 is 6.56. The maximum atomic E-state index is 12.8. The summed E-state index contributed by atoms with van der Waals surface area (Å²) in [7, 11) is -5.23.